The quantitative estimate of drug-likeness (QED) is 0.0533. The van der Waals surface area contributed by atoms with Crippen LogP contribution in [0.2, 0.25) is 0 Å². The molecule has 0 radical (unpaired) electrons. The summed E-state index contributed by atoms with van der Waals surface area (Å²) in [4.78, 5) is 51.8. The molecular formula is C39H40N2O5. The lowest BCUT2D eigenvalue weighted by Crippen LogP contribution is -2.35. The number of amides is 4. The molecule has 0 spiro atoms. The number of rotatable bonds is 15. The third kappa shape index (κ3) is 5.20. The van der Waals surface area contributed by atoms with E-state index in [0.29, 0.717) is 46.1 Å². The van der Waals surface area contributed by atoms with Crippen LogP contribution in [0.1, 0.15) is 125 Å². The first-order valence-corrected chi connectivity index (χ1v) is 17.0. The van der Waals surface area contributed by atoms with Crippen molar-refractivity contribution in [2.24, 2.45) is 0 Å². The first-order valence-electron chi connectivity index (χ1n) is 17.0. The summed E-state index contributed by atoms with van der Waals surface area (Å²) >= 11 is 0. The van der Waals surface area contributed by atoms with Gasteiger partial charge in [-0.15, -0.1) is 0 Å². The number of fused-ring (bicyclic) bond motifs is 2. The van der Waals surface area contributed by atoms with Gasteiger partial charge in [-0.2, -0.15) is 0 Å². The second-order valence-electron chi connectivity index (χ2n) is 12.9. The summed E-state index contributed by atoms with van der Waals surface area (Å²) in [6.45, 7) is 3.62. The van der Waals surface area contributed by atoms with E-state index in [1.807, 2.05) is 24.3 Å². The Kier molecular flexibility index (Phi) is 8.43. The molecule has 7 nitrogen and oxygen atoms in total. The maximum absolute atomic E-state index is 13.2. The summed E-state index contributed by atoms with van der Waals surface area (Å²) in [6.07, 6.45) is 14.4. The normalized spacial score (nSPS) is 14.3. The van der Waals surface area contributed by atoms with Crippen molar-refractivity contribution in [2.45, 2.75) is 84.0 Å². The molecule has 7 rings (SSSR count). The lowest BCUT2D eigenvalue weighted by molar-refractivity contribution is 0.0828. The fourth-order valence-electron chi connectivity index (χ4n) is 7.66. The van der Waals surface area contributed by atoms with E-state index in [0.717, 1.165) is 57.3 Å². The van der Waals surface area contributed by atoms with Gasteiger partial charge >= 0.3 is 0 Å². The Morgan fingerprint density at radius 2 is 0.957 bits per heavy atom. The molecule has 2 aliphatic rings. The zero-order chi connectivity index (χ0) is 31.8. The summed E-state index contributed by atoms with van der Waals surface area (Å²) in [6, 6.07) is 13.0. The van der Waals surface area contributed by atoms with Crippen molar-refractivity contribution < 1.29 is 23.9 Å². The fraction of sp³-hybridized carbons (Fsp3) is 0.385. The van der Waals surface area contributed by atoms with E-state index < -0.39 is 23.6 Å². The van der Waals surface area contributed by atoms with E-state index in [2.05, 4.69) is 17.6 Å². The zero-order valence-electron chi connectivity index (χ0n) is 26.5. The number of aryl methyl sites for hydroxylation is 1. The van der Waals surface area contributed by atoms with Gasteiger partial charge in [-0.05, 0) is 81.4 Å². The van der Waals surface area contributed by atoms with Crippen molar-refractivity contribution in [3.63, 3.8) is 0 Å². The first kappa shape index (κ1) is 30.3. The highest BCUT2D eigenvalue weighted by molar-refractivity contribution is 6.41. The molecule has 0 atom stereocenters. The van der Waals surface area contributed by atoms with Crippen molar-refractivity contribution in [3.05, 3.63) is 70.3 Å². The number of ether oxygens (including phenoxy) is 1. The van der Waals surface area contributed by atoms with Crippen LogP contribution in [0.15, 0.2) is 42.5 Å². The topological polar surface area (TPSA) is 102 Å². The Balaban J connectivity index is 1.16. The molecule has 0 fully saturated rings. The molecule has 2 heterocycles. The van der Waals surface area contributed by atoms with Crippen molar-refractivity contribution in [3.8, 4) is 0 Å². The molecule has 2 aliphatic heterocycles. The van der Waals surface area contributed by atoms with Crippen molar-refractivity contribution in [1.29, 1.82) is 0 Å². The van der Waals surface area contributed by atoms with Gasteiger partial charge in [-0.1, -0.05) is 82.9 Å². The minimum Gasteiger partial charge on any atom is -0.381 e. The summed E-state index contributed by atoms with van der Waals surface area (Å²) in [5.41, 5.74) is 2.91. The Hall–Kier alpha value is -4.36. The molecule has 5 aromatic carbocycles. The number of carbonyl (C=O) groups is 4. The van der Waals surface area contributed by atoms with Gasteiger partial charge in [0.2, 0.25) is 0 Å². The number of nitrogens with one attached hydrogen (secondary N) is 2. The molecule has 236 valence electrons. The Labute approximate surface area is 268 Å². The minimum atomic E-state index is -0.403. The Morgan fingerprint density at radius 3 is 1.57 bits per heavy atom. The lowest BCUT2D eigenvalue weighted by atomic mass is 9.80. The highest BCUT2D eigenvalue weighted by atomic mass is 16.5. The van der Waals surface area contributed by atoms with Gasteiger partial charge in [0.1, 0.15) is 0 Å². The summed E-state index contributed by atoms with van der Waals surface area (Å²) in [5, 5.41) is 11.7. The average Bonchev–Trinajstić information content (AvgIpc) is 3.05. The van der Waals surface area contributed by atoms with Gasteiger partial charge in [0, 0.05) is 46.2 Å². The van der Waals surface area contributed by atoms with E-state index in [-0.39, 0.29) is 0 Å². The minimum absolute atomic E-state index is 0.391. The maximum Gasteiger partial charge on any atom is 0.258 e. The van der Waals surface area contributed by atoms with Crippen LogP contribution >= 0.6 is 0 Å². The average molecular weight is 617 g/mol. The molecule has 4 amide bonds. The van der Waals surface area contributed by atoms with Crippen molar-refractivity contribution in [2.75, 3.05) is 13.2 Å². The van der Waals surface area contributed by atoms with Gasteiger partial charge < -0.3 is 4.74 Å². The molecule has 0 saturated heterocycles. The van der Waals surface area contributed by atoms with Crippen LogP contribution in [0.3, 0.4) is 0 Å². The number of carbonyl (C=O) groups excluding carboxylic acids is 4. The largest absolute Gasteiger partial charge is 0.381 e. The maximum atomic E-state index is 13.2. The molecule has 0 bridgehead atoms. The van der Waals surface area contributed by atoms with Gasteiger partial charge in [-0.25, -0.2) is 0 Å². The highest BCUT2D eigenvalue weighted by Gasteiger charge is 2.31. The molecule has 46 heavy (non-hydrogen) atoms. The lowest BCUT2D eigenvalue weighted by Gasteiger charge is -2.25. The fourth-order valence-corrected chi connectivity index (χ4v) is 7.66. The van der Waals surface area contributed by atoms with Gasteiger partial charge in [-0.3, -0.25) is 29.8 Å². The highest BCUT2D eigenvalue weighted by Crippen LogP contribution is 2.46. The van der Waals surface area contributed by atoms with Crippen molar-refractivity contribution >= 4 is 66.7 Å². The molecule has 7 heteroatoms. The third-order valence-corrected chi connectivity index (χ3v) is 9.89. The monoisotopic (exact) mass is 616 g/mol. The molecule has 5 aromatic rings. The van der Waals surface area contributed by atoms with Crippen LogP contribution in [0.5, 0.6) is 0 Å². The van der Waals surface area contributed by atoms with Crippen LogP contribution < -0.4 is 10.6 Å². The number of hydrogen-bond donors (Lipinski definition) is 2. The van der Waals surface area contributed by atoms with E-state index in [1.54, 1.807) is 18.2 Å². The van der Waals surface area contributed by atoms with Crippen LogP contribution in [0.25, 0.3) is 43.1 Å². The zero-order valence-corrected chi connectivity index (χ0v) is 26.5. The second-order valence-corrected chi connectivity index (χ2v) is 12.9. The van der Waals surface area contributed by atoms with Crippen LogP contribution in [-0.4, -0.2) is 36.8 Å². The predicted octanol–water partition coefficient (Wildman–Crippen LogP) is 8.37. The van der Waals surface area contributed by atoms with Gasteiger partial charge in [0.15, 0.2) is 0 Å². The van der Waals surface area contributed by atoms with Crippen LogP contribution in [0.4, 0.5) is 0 Å². The third-order valence-electron chi connectivity index (χ3n) is 9.89. The molecular weight excluding hydrogens is 576 g/mol. The number of unbranched alkanes of at least 4 members (excludes halogenated alkanes) is 9. The molecule has 0 aliphatic carbocycles. The van der Waals surface area contributed by atoms with E-state index in [9.17, 15) is 19.2 Å². The number of imide groups is 2. The predicted molar refractivity (Wildman–Crippen MR) is 182 cm³/mol. The van der Waals surface area contributed by atoms with Crippen LogP contribution in [-0.2, 0) is 11.2 Å². The number of benzene rings is 5. The smallest absolute Gasteiger partial charge is 0.258 e. The number of hydrogen-bond acceptors (Lipinski definition) is 5. The molecule has 0 saturated carbocycles. The van der Waals surface area contributed by atoms with E-state index in [1.165, 1.54) is 57.8 Å². The Bertz CT molecular complexity index is 2010. The van der Waals surface area contributed by atoms with E-state index >= 15 is 0 Å². The van der Waals surface area contributed by atoms with Gasteiger partial charge in [0.05, 0.1) is 0 Å². The van der Waals surface area contributed by atoms with Crippen LogP contribution in [0, 0.1) is 0 Å². The SMILES string of the molecule is CCCCCCCCCCCCOCCCc1cc2c3c(ccc4c5ccc6c7c(ccc(c1c34)c75)C(=O)NC6=O)C(=O)NC2=O. The standard InChI is InChI=1S/C39H40N2O5/c1-2-3-4-5-6-7-8-9-10-11-20-46-21-12-13-23-22-30-34-29(38(44)41-39(30)45)18-15-25-24-14-17-27-33-28(37(43)40-36(27)42)19-16-26(32(24)33)31(23)35(25)34/h14-19,22H,2-13,20-21H2,1H3,(H,40,42,43)(H,41,44,45). The van der Waals surface area contributed by atoms with Crippen molar-refractivity contribution in [1.82, 2.24) is 10.6 Å². The summed E-state index contributed by atoms with van der Waals surface area (Å²) in [5.74, 6) is -1.60. The molecule has 0 aromatic heterocycles. The second kappa shape index (κ2) is 12.8. The first-order chi connectivity index (χ1) is 22.5. The molecule has 2 N–H and O–H groups in total. The Morgan fingerprint density at radius 1 is 0.478 bits per heavy atom. The van der Waals surface area contributed by atoms with E-state index in [4.69, 9.17) is 4.74 Å². The summed E-state index contributed by atoms with van der Waals surface area (Å²) < 4.78 is 6.03. The molecule has 0 unspecified atom stereocenters. The summed E-state index contributed by atoms with van der Waals surface area (Å²) in [7, 11) is 0. The van der Waals surface area contributed by atoms with Gasteiger partial charge in [0.25, 0.3) is 23.6 Å².